The minimum absolute atomic E-state index is 0.0180. The van der Waals surface area contributed by atoms with E-state index in [1.165, 1.54) is 48.5 Å². The summed E-state index contributed by atoms with van der Waals surface area (Å²) < 4.78 is 67.5. The van der Waals surface area contributed by atoms with E-state index >= 15 is 0 Å². The Labute approximate surface area is 182 Å². The minimum atomic E-state index is -4.57. The molecule has 0 aromatic heterocycles. The third-order valence-electron chi connectivity index (χ3n) is 5.35. The molecule has 1 aliphatic heterocycles. The normalized spacial score (nSPS) is 20.7. The van der Waals surface area contributed by atoms with E-state index in [-0.39, 0.29) is 16.1 Å². The van der Waals surface area contributed by atoms with Gasteiger partial charge in [0.1, 0.15) is 0 Å². The van der Waals surface area contributed by atoms with Gasteiger partial charge in [0, 0.05) is 12.1 Å². The van der Waals surface area contributed by atoms with Crippen LogP contribution < -0.4 is 0 Å². The Morgan fingerprint density at radius 3 is 2.06 bits per heavy atom. The second-order valence-corrected chi connectivity index (χ2v) is 9.35. The monoisotopic (exact) mass is 462 g/mol. The fourth-order valence-corrected chi connectivity index (χ4v) is 5.43. The van der Waals surface area contributed by atoms with Gasteiger partial charge in [0.2, 0.25) is 10.0 Å². The summed E-state index contributed by atoms with van der Waals surface area (Å²) in [5.41, 5.74) is 0.457. The molecule has 0 saturated carbocycles. The van der Waals surface area contributed by atoms with Crippen LogP contribution >= 0.6 is 0 Å². The van der Waals surface area contributed by atoms with Gasteiger partial charge >= 0.3 is 6.18 Å². The van der Waals surface area contributed by atoms with E-state index in [0.717, 1.165) is 22.0 Å². The lowest BCUT2D eigenvalue weighted by Crippen LogP contribution is -2.14. The molecule has 1 unspecified atom stereocenters. The van der Waals surface area contributed by atoms with Crippen molar-refractivity contribution >= 4 is 15.7 Å². The van der Waals surface area contributed by atoms with E-state index in [2.05, 4.69) is 0 Å². The summed E-state index contributed by atoms with van der Waals surface area (Å²) in [6.07, 6.45) is -4.57. The standard InChI is InChI=1S/C22H17F3N2O4S/c1-14-5-11-19(12-6-14)32(30,31)26-20(15-7-9-18(10-8-15)27(28)29)21(26)16-3-2-4-17(13-16)22(23,24)25/h2-13,20-21H,1H3/t20-,21+,26?/m0/s1. The van der Waals surface area contributed by atoms with Gasteiger partial charge in [-0.3, -0.25) is 10.1 Å². The van der Waals surface area contributed by atoms with Crippen LogP contribution in [0.5, 0.6) is 0 Å². The van der Waals surface area contributed by atoms with Crippen molar-refractivity contribution in [3.63, 3.8) is 0 Å². The first-order valence-electron chi connectivity index (χ1n) is 9.52. The Kier molecular flexibility index (Phi) is 5.30. The van der Waals surface area contributed by atoms with E-state index in [0.29, 0.717) is 5.56 Å². The smallest absolute Gasteiger partial charge is 0.258 e. The molecule has 0 spiro atoms. The maximum Gasteiger partial charge on any atom is 0.416 e. The van der Waals surface area contributed by atoms with E-state index < -0.39 is 38.8 Å². The van der Waals surface area contributed by atoms with Gasteiger partial charge < -0.3 is 0 Å². The molecule has 0 radical (unpaired) electrons. The first-order valence-corrected chi connectivity index (χ1v) is 11.0. The fraction of sp³-hybridized carbons (Fsp3) is 0.182. The molecular weight excluding hydrogens is 445 g/mol. The molecule has 1 heterocycles. The number of aryl methyl sites for hydroxylation is 1. The quantitative estimate of drug-likeness (QED) is 0.289. The van der Waals surface area contributed by atoms with Crippen LogP contribution in [0.25, 0.3) is 0 Å². The minimum Gasteiger partial charge on any atom is -0.258 e. The molecule has 3 atom stereocenters. The Morgan fingerprint density at radius 1 is 0.906 bits per heavy atom. The third kappa shape index (κ3) is 3.98. The Balaban J connectivity index is 1.78. The van der Waals surface area contributed by atoms with Crippen molar-refractivity contribution in [2.45, 2.75) is 30.1 Å². The van der Waals surface area contributed by atoms with E-state index in [1.54, 1.807) is 19.1 Å². The Hall–Kier alpha value is -3.24. The van der Waals surface area contributed by atoms with Gasteiger partial charge in [-0.25, -0.2) is 8.42 Å². The molecule has 32 heavy (non-hydrogen) atoms. The zero-order valence-corrected chi connectivity index (χ0v) is 17.5. The molecule has 4 rings (SSSR count). The average Bonchev–Trinajstić information content (AvgIpc) is 3.50. The lowest BCUT2D eigenvalue weighted by molar-refractivity contribution is -0.384. The highest BCUT2D eigenvalue weighted by Crippen LogP contribution is 2.58. The molecule has 6 nitrogen and oxygen atoms in total. The zero-order chi connectivity index (χ0) is 23.3. The van der Waals surface area contributed by atoms with Crippen molar-refractivity contribution in [2.24, 2.45) is 0 Å². The highest BCUT2D eigenvalue weighted by molar-refractivity contribution is 7.89. The third-order valence-corrected chi connectivity index (χ3v) is 7.23. The summed E-state index contributed by atoms with van der Waals surface area (Å²) in [7, 11) is -4.03. The average molecular weight is 462 g/mol. The van der Waals surface area contributed by atoms with Crippen molar-refractivity contribution in [1.82, 2.24) is 4.31 Å². The summed E-state index contributed by atoms with van der Waals surface area (Å²) in [4.78, 5) is 10.4. The van der Waals surface area contributed by atoms with Crippen LogP contribution in [0.2, 0.25) is 0 Å². The van der Waals surface area contributed by atoms with Crippen LogP contribution in [0, 0.1) is 17.0 Å². The number of hydrogen-bond acceptors (Lipinski definition) is 4. The molecule has 0 N–H and O–H groups in total. The Morgan fingerprint density at radius 2 is 1.50 bits per heavy atom. The van der Waals surface area contributed by atoms with Gasteiger partial charge in [-0.15, -0.1) is 0 Å². The van der Waals surface area contributed by atoms with Crippen molar-refractivity contribution in [2.75, 3.05) is 0 Å². The number of halogens is 3. The van der Waals surface area contributed by atoms with Crippen molar-refractivity contribution in [1.29, 1.82) is 0 Å². The van der Waals surface area contributed by atoms with Crippen molar-refractivity contribution < 1.29 is 26.5 Å². The molecule has 0 amide bonds. The van der Waals surface area contributed by atoms with Crippen LogP contribution in [0.1, 0.15) is 34.3 Å². The number of nitro benzene ring substituents is 1. The van der Waals surface area contributed by atoms with Crippen LogP contribution in [-0.2, 0) is 16.2 Å². The number of sulfonamides is 1. The lowest BCUT2D eigenvalue weighted by atomic mass is 10.0. The number of nitro groups is 1. The van der Waals surface area contributed by atoms with Crippen LogP contribution in [-0.4, -0.2) is 17.6 Å². The topological polar surface area (TPSA) is 80.3 Å². The van der Waals surface area contributed by atoms with Crippen LogP contribution in [0.15, 0.2) is 77.7 Å². The van der Waals surface area contributed by atoms with E-state index in [4.69, 9.17) is 0 Å². The summed E-state index contributed by atoms with van der Waals surface area (Å²) in [6, 6.07) is 14.4. The molecule has 3 aromatic rings. The van der Waals surface area contributed by atoms with Crippen LogP contribution in [0.3, 0.4) is 0 Å². The molecule has 10 heteroatoms. The fourth-order valence-electron chi connectivity index (χ4n) is 3.69. The van der Waals surface area contributed by atoms with Gasteiger partial charge in [-0.2, -0.15) is 17.5 Å². The predicted octanol–water partition coefficient (Wildman–Crippen LogP) is 5.41. The highest BCUT2D eigenvalue weighted by Gasteiger charge is 2.57. The second kappa shape index (κ2) is 7.72. The lowest BCUT2D eigenvalue weighted by Gasteiger charge is -2.09. The second-order valence-electron chi connectivity index (χ2n) is 7.51. The number of non-ortho nitro benzene ring substituents is 1. The zero-order valence-electron chi connectivity index (χ0n) is 16.7. The molecular formula is C22H17F3N2O4S. The molecule has 3 aromatic carbocycles. The first kappa shape index (κ1) is 22.0. The number of nitrogens with zero attached hydrogens (tertiary/aromatic N) is 2. The molecule has 1 aliphatic rings. The van der Waals surface area contributed by atoms with Crippen molar-refractivity contribution in [3.8, 4) is 0 Å². The molecule has 1 fully saturated rings. The van der Waals surface area contributed by atoms with E-state index in [9.17, 15) is 31.7 Å². The molecule has 1 saturated heterocycles. The van der Waals surface area contributed by atoms with Gasteiger partial charge in [-0.05, 0) is 42.3 Å². The molecule has 0 bridgehead atoms. The van der Waals surface area contributed by atoms with Gasteiger partial charge in [0.25, 0.3) is 5.69 Å². The maximum absolute atomic E-state index is 13.3. The summed E-state index contributed by atoms with van der Waals surface area (Å²) in [5.74, 6) is 0. The van der Waals surface area contributed by atoms with Crippen LogP contribution in [0.4, 0.5) is 18.9 Å². The van der Waals surface area contributed by atoms with Crippen molar-refractivity contribution in [3.05, 3.63) is 105 Å². The van der Waals surface area contributed by atoms with Gasteiger partial charge in [-0.1, -0.05) is 42.0 Å². The van der Waals surface area contributed by atoms with Gasteiger partial charge in [0.05, 0.1) is 27.5 Å². The van der Waals surface area contributed by atoms with Gasteiger partial charge in [0.15, 0.2) is 0 Å². The largest absolute Gasteiger partial charge is 0.416 e. The molecule has 166 valence electrons. The summed E-state index contributed by atoms with van der Waals surface area (Å²) in [6.45, 7) is 1.80. The molecule has 0 aliphatic carbocycles. The number of alkyl halides is 3. The number of hydrogen-bond donors (Lipinski definition) is 0. The Bertz CT molecular complexity index is 1270. The summed E-state index contributed by atoms with van der Waals surface area (Å²) in [5, 5.41) is 10.9. The SMILES string of the molecule is Cc1ccc(S(=O)(=O)N2[C@H](c3cccc(C(F)(F)F)c3)[C@@H]2c2ccc([N+](=O)[O-])cc2)cc1. The maximum atomic E-state index is 13.3. The number of rotatable bonds is 5. The highest BCUT2D eigenvalue weighted by atomic mass is 32.2. The first-order chi connectivity index (χ1) is 15.0. The summed E-state index contributed by atoms with van der Waals surface area (Å²) >= 11 is 0. The predicted molar refractivity (Wildman–Crippen MR) is 110 cm³/mol. The van der Waals surface area contributed by atoms with E-state index in [1.807, 2.05) is 0 Å². The number of benzene rings is 3.